The molecular formula is C12H20INO3. The molecule has 2 saturated heterocycles. The number of likely N-dealkylation sites (tertiary alicyclic amines) is 1. The molecule has 2 fully saturated rings. The van der Waals surface area contributed by atoms with Crippen LogP contribution >= 0.6 is 22.6 Å². The number of piperidine rings is 1. The van der Waals surface area contributed by atoms with Gasteiger partial charge in [0.1, 0.15) is 5.60 Å². The molecule has 0 N–H and O–H groups in total. The molecule has 4 nitrogen and oxygen atoms in total. The molecule has 0 aliphatic carbocycles. The molecular weight excluding hydrogens is 333 g/mol. The third kappa shape index (κ3) is 2.86. The van der Waals surface area contributed by atoms with Crippen LogP contribution in [0, 0.1) is 0 Å². The second-order valence-electron chi connectivity index (χ2n) is 5.91. The predicted octanol–water partition coefficient (Wildman–Crippen LogP) is 2.59. The fraction of sp³-hybridized carbons (Fsp3) is 0.917. The standard InChI is InChI=1S/C12H20INO3/c1-11(2,3)17-10(15)14-5-4-12(8-13)6-9(14)7-16-12/h9H,4-8H2,1-3H3. The number of fused-ring (bicyclic) bond motifs is 2. The highest BCUT2D eigenvalue weighted by Crippen LogP contribution is 2.38. The summed E-state index contributed by atoms with van der Waals surface area (Å²) in [6, 6.07) is 0.202. The summed E-state index contributed by atoms with van der Waals surface area (Å²) in [5, 5.41) is 0. The van der Waals surface area contributed by atoms with E-state index in [0.717, 1.165) is 23.8 Å². The van der Waals surface area contributed by atoms with Crippen molar-refractivity contribution < 1.29 is 14.3 Å². The monoisotopic (exact) mass is 353 g/mol. The highest BCUT2D eigenvalue weighted by Gasteiger charge is 2.48. The van der Waals surface area contributed by atoms with Crippen LogP contribution in [0.1, 0.15) is 33.6 Å². The van der Waals surface area contributed by atoms with Crippen LogP contribution < -0.4 is 0 Å². The van der Waals surface area contributed by atoms with Gasteiger partial charge >= 0.3 is 6.09 Å². The van der Waals surface area contributed by atoms with Gasteiger partial charge in [0.25, 0.3) is 0 Å². The normalized spacial score (nSPS) is 32.7. The first-order valence-corrected chi connectivity index (χ1v) is 7.57. The summed E-state index contributed by atoms with van der Waals surface area (Å²) in [6.45, 7) is 7.10. The third-order valence-corrected chi connectivity index (χ3v) is 4.70. The number of nitrogens with zero attached hydrogens (tertiary/aromatic N) is 1. The zero-order valence-corrected chi connectivity index (χ0v) is 12.8. The van der Waals surface area contributed by atoms with Crippen LogP contribution in [0.4, 0.5) is 4.79 Å². The number of amides is 1. The minimum Gasteiger partial charge on any atom is -0.444 e. The van der Waals surface area contributed by atoms with Gasteiger partial charge in [-0.1, -0.05) is 22.6 Å². The molecule has 2 atom stereocenters. The fourth-order valence-electron chi connectivity index (χ4n) is 2.42. The Morgan fingerprint density at radius 1 is 1.59 bits per heavy atom. The maximum atomic E-state index is 12.0. The Bertz CT molecular complexity index is 315. The Kier molecular flexibility index (Phi) is 3.60. The average molecular weight is 353 g/mol. The molecule has 2 bridgehead atoms. The van der Waals surface area contributed by atoms with E-state index < -0.39 is 5.60 Å². The zero-order valence-electron chi connectivity index (χ0n) is 10.7. The summed E-state index contributed by atoms with van der Waals surface area (Å²) in [6.07, 6.45) is 1.68. The Morgan fingerprint density at radius 3 is 2.88 bits per heavy atom. The number of alkyl halides is 1. The first-order chi connectivity index (χ1) is 7.85. The first-order valence-electron chi connectivity index (χ1n) is 6.05. The molecule has 0 aromatic heterocycles. The lowest BCUT2D eigenvalue weighted by Crippen LogP contribution is -2.50. The van der Waals surface area contributed by atoms with Crippen molar-refractivity contribution >= 4 is 28.7 Å². The number of hydrogen-bond acceptors (Lipinski definition) is 3. The third-order valence-electron chi connectivity index (χ3n) is 3.31. The van der Waals surface area contributed by atoms with Crippen LogP contribution in [0.25, 0.3) is 0 Å². The van der Waals surface area contributed by atoms with Crippen molar-refractivity contribution in [2.24, 2.45) is 0 Å². The van der Waals surface area contributed by atoms with Gasteiger partial charge in [0.2, 0.25) is 0 Å². The molecule has 2 rings (SSSR count). The summed E-state index contributed by atoms with van der Waals surface area (Å²) < 4.78 is 12.3. The molecule has 2 unspecified atom stereocenters. The molecule has 0 aromatic carbocycles. The van der Waals surface area contributed by atoms with Crippen molar-refractivity contribution in [3.63, 3.8) is 0 Å². The van der Waals surface area contributed by atoms with Gasteiger partial charge < -0.3 is 14.4 Å². The van der Waals surface area contributed by atoms with Crippen LogP contribution in [-0.2, 0) is 9.47 Å². The van der Waals surface area contributed by atoms with Gasteiger partial charge in [0.05, 0.1) is 18.2 Å². The van der Waals surface area contributed by atoms with Gasteiger partial charge in [-0.15, -0.1) is 0 Å². The number of ether oxygens (including phenoxy) is 2. The van der Waals surface area contributed by atoms with Crippen molar-refractivity contribution in [3.05, 3.63) is 0 Å². The van der Waals surface area contributed by atoms with Crippen LogP contribution in [0.15, 0.2) is 0 Å². The van der Waals surface area contributed by atoms with Crippen molar-refractivity contribution in [1.29, 1.82) is 0 Å². The van der Waals surface area contributed by atoms with E-state index >= 15 is 0 Å². The summed E-state index contributed by atoms with van der Waals surface area (Å²) in [7, 11) is 0. The molecule has 0 spiro atoms. The quantitative estimate of drug-likeness (QED) is 0.537. The molecule has 2 heterocycles. The van der Waals surface area contributed by atoms with Crippen LogP contribution in [0.2, 0.25) is 0 Å². The van der Waals surface area contributed by atoms with E-state index in [9.17, 15) is 4.79 Å². The van der Waals surface area contributed by atoms with E-state index in [1.165, 1.54) is 0 Å². The lowest BCUT2D eigenvalue weighted by atomic mass is 9.91. The van der Waals surface area contributed by atoms with E-state index in [1.54, 1.807) is 0 Å². The summed E-state index contributed by atoms with van der Waals surface area (Å²) in [5.41, 5.74) is -0.405. The largest absolute Gasteiger partial charge is 0.444 e. The highest BCUT2D eigenvalue weighted by atomic mass is 127. The van der Waals surface area contributed by atoms with Gasteiger partial charge in [-0.05, 0) is 27.2 Å². The average Bonchev–Trinajstić information content (AvgIpc) is 2.55. The smallest absolute Gasteiger partial charge is 0.410 e. The minimum atomic E-state index is -0.422. The fourth-order valence-corrected chi connectivity index (χ4v) is 3.34. The van der Waals surface area contributed by atoms with E-state index in [-0.39, 0.29) is 17.7 Å². The summed E-state index contributed by atoms with van der Waals surface area (Å²) in [5.74, 6) is 0. The molecule has 5 heteroatoms. The van der Waals surface area contributed by atoms with Gasteiger partial charge in [0, 0.05) is 17.4 Å². The SMILES string of the molecule is CC(C)(C)OC(=O)N1CCC2(CI)CC1CO2. The number of rotatable bonds is 1. The minimum absolute atomic E-state index is 0.0176. The summed E-state index contributed by atoms with van der Waals surface area (Å²) in [4.78, 5) is 13.9. The van der Waals surface area contributed by atoms with Crippen LogP contribution in [0.5, 0.6) is 0 Å². The molecule has 98 valence electrons. The van der Waals surface area contributed by atoms with Crippen molar-refractivity contribution in [2.45, 2.75) is 50.9 Å². The Hall–Kier alpha value is -0.0400. The first kappa shape index (κ1) is 13.4. The highest BCUT2D eigenvalue weighted by molar-refractivity contribution is 14.1. The maximum absolute atomic E-state index is 12.0. The zero-order chi connectivity index (χ0) is 12.7. The lowest BCUT2D eigenvalue weighted by Gasteiger charge is -2.37. The van der Waals surface area contributed by atoms with E-state index in [1.807, 2.05) is 25.7 Å². The molecule has 0 aromatic rings. The maximum Gasteiger partial charge on any atom is 0.410 e. The number of carbonyl (C=O) groups excluding carboxylic acids is 1. The van der Waals surface area contributed by atoms with Gasteiger partial charge in [0.15, 0.2) is 0 Å². The van der Waals surface area contributed by atoms with Crippen molar-refractivity contribution in [1.82, 2.24) is 4.90 Å². The molecule has 0 saturated carbocycles. The second kappa shape index (κ2) is 4.57. The summed E-state index contributed by atoms with van der Waals surface area (Å²) >= 11 is 2.37. The van der Waals surface area contributed by atoms with Crippen LogP contribution in [-0.4, -0.2) is 45.8 Å². The Labute approximate surface area is 116 Å². The van der Waals surface area contributed by atoms with Crippen LogP contribution in [0.3, 0.4) is 0 Å². The Balaban J connectivity index is 1.99. The van der Waals surface area contributed by atoms with Crippen molar-refractivity contribution in [3.8, 4) is 0 Å². The van der Waals surface area contributed by atoms with Gasteiger partial charge in [-0.25, -0.2) is 4.79 Å². The molecule has 0 radical (unpaired) electrons. The van der Waals surface area contributed by atoms with E-state index in [0.29, 0.717) is 6.61 Å². The van der Waals surface area contributed by atoms with Crippen molar-refractivity contribution in [2.75, 3.05) is 17.6 Å². The topological polar surface area (TPSA) is 38.8 Å². The molecule has 17 heavy (non-hydrogen) atoms. The number of halogens is 1. The van der Waals surface area contributed by atoms with E-state index in [4.69, 9.17) is 9.47 Å². The number of carbonyl (C=O) groups is 1. The Morgan fingerprint density at radius 2 is 2.29 bits per heavy atom. The van der Waals surface area contributed by atoms with Gasteiger partial charge in [-0.3, -0.25) is 0 Å². The molecule has 2 aliphatic rings. The van der Waals surface area contributed by atoms with E-state index in [2.05, 4.69) is 22.6 Å². The molecule has 1 amide bonds. The molecule has 2 aliphatic heterocycles. The predicted molar refractivity (Wildman–Crippen MR) is 73.5 cm³/mol. The second-order valence-corrected chi connectivity index (χ2v) is 6.67. The lowest BCUT2D eigenvalue weighted by molar-refractivity contribution is 0.00364. The van der Waals surface area contributed by atoms with Gasteiger partial charge in [-0.2, -0.15) is 0 Å². The number of hydrogen-bond donors (Lipinski definition) is 0.